The van der Waals surface area contributed by atoms with E-state index in [1.807, 2.05) is 0 Å². The molecule has 7 nitrogen and oxygen atoms in total. The van der Waals surface area contributed by atoms with Crippen LogP contribution in [0.25, 0.3) is 0 Å². The number of carbonyl (C=O) groups is 2. The second-order valence-corrected chi connectivity index (χ2v) is 8.01. The Bertz CT molecular complexity index is 748. The summed E-state index contributed by atoms with van der Waals surface area (Å²) >= 11 is 0. The lowest BCUT2D eigenvalue weighted by Gasteiger charge is -2.21. The van der Waals surface area contributed by atoms with Gasteiger partial charge in [0.25, 0.3) is 5.91 Å². The molecule has 0 saturated carbocycles. The molecule has 0 aliphatic carbocycles. The molecule has 0 unspecified atom stereocenters. The number of anilines is 1. The van der Waals surface area contributed by atoms with Gasteiger partial charge in [-0.3, -0.25) is 4.79 Å². The Labute approximate surface area is 148 Å². The van der Waals surface area contributed by atoms with E-state index in [2.05, 4.69) is 5.32 Å². The monoisotopic (exact) mass is 368 g/mol. The van der Waals surface area contributed by atoms with Crippen molar-refractivity contribution >= 4 is 27.6 Å². The molecule has 0 fully saturated rings. The Balaban J connectivity index is 2.70. The molecule has 0 heterocycles. The molecular formula is C17H24N2O5S. The van der Waals surface area contributed by atoms with E-state index in [1.165, 1.54) is 41.7 Å². The number of rotatable bonds is 7. The standard InChI is InChI=1S/C17H24N2O5S/c1-12(2)10-17(21)24-11-16(20)18-14-6-8-15(9-7-14)25(22,23)19(5)13(3)4/h6-10,13H,11H2,1-5H3,(H,18,20). The topological polar surface area (TPSA) is 92.8 Å². The zero-order valence-electron chi connectivity index (χ0n) is 15.1. The first-order valence-corrected chi connectivity index (χ1v) is 9.17. The fraction of sp³-hybridized carbons (Fsp3) is 0.412. The molecule has 25 heavy (non-hydrogen) atoms. The predicted molar refractivity (Wildman–Crippen MR) is 95.5 cm³/mol. The van der Waals surface area contributed by atoms with Crippen LogP contribution >= 0.6 is 0 Å². The number of ether oxygens (including phenoxy) is 1. The van der Waals surface area contributed by atoms with Crippen LogP contribution in [0.15, 0.2) is 40.8 Å². The number of hydrogen-bond acceptors (Lipinski definition) is 5. The summed E-state index contributed by atoms with van der Waals surface area (Å²) in [5, 5.41) is 2.54. The zero-order chi connectivity index (χ0) is 19.2. The van der Waals surface area contributed by atoms with E-state index in [1.54, 1.807) is 27.7 Å². The number of carbonyl (C=O) groups excluding carboxylic acids is 2. The smallest absolute Gasteiger partial charge is 0.331 e. The molecular weight excluding hydrogens is 344 g/mol. The number of nitrogens with one attached hydrogen (secondary N) is 1. The highest BCUT2D eigenvalue weighted by molar-refractivity contribution is 7.89. The van der Waals surface area contributed by atoms with Gasteiger partial charge >= 0.3 is 5.97 Å². The van der Waals surface area contributed by atoms with Gasteiger partial charge in [-0.05, 0) is 52.0 Å². The SMILES string of the molecule is CC(C)=CC(=O)OCC(=O)Nc1ccc(S(=O)(=O)N(C)C(C)C)cc1. The van der Waals surface area contributed by atoms with E-state index >= 15 is 0 Å². The molecule has 1 aromatic carbocycles. The molecule has 1 rings (SSSR count). The van der Waals surface area contributed by atoms with Crippen LogP contribution in [-0.4, -0.2) is 44.3 Å². The molecule has 0 spiro atoms. The maximum Gasteiger partial charge on any atom is 0.331 e. The van der Waals surface area contributed by atoms with Crippen molar-refractivity contribution in [2.75, 3.05) is 19.0 Å². The first-order chi connectivity index (χ1) is 11.5. The molecule has 0 aliphatic rings. The van der Waals surface area contributed by atoms with Gasteiger partial charge in [-0.15, -0.1) is 0 Å². The van der Waals surface area contributed by atoms with Crippen LogP contribution in [-0.2, 0) is 24.3 Å². The van der Waals surface area contributed by atoms with Gasteiger partial charge in [-0.2, -0.15) is 4.31 Å². The summed E-state index contributed by atoms with van der Waals surface area (Å²) in [6.07, 6.45) is 1.29. The lowest BCUT2D eigenvalue weighted by Crippen LogP contribution is -2.33. The van der Waals surface area contributed by atoms with Crippen molar-refractivity contribution in [3.05, 3.63) is 35.9 Å². The lowest BCUT2D eigenvalue weighted by molar-refractivity contribution is -0.142. The van der Waals surface area contributed by atoms with Crippen LogP contribution < -0.4 is 5.32 Å². The van der Waals surface area contributed by atoms with Crippen LogP contribution in [0, 0.1) is 0 Å². The fourth-order valence-electron chi connectivity index (χ4n) is 1.77. The first kappa shape index (κ1) is 20.9. The van der Waals surface area contributed by atoms with E-state index in [9.17, 15) is 18.0 Å². The predicted octanol–water partition coefficient (Wildman–Crippen LogP) is 2.16. The number of amides is 1. The molecule has 0 radical (unpaired) electrons. The Morgan fingerprint density at radius 2 is 1.76 bits per heavy atom. The van der Waals surface area contributed by atoms with Gasteiger partial charge in [0.05, 0.1) is 4.90 Å². The van der Waals surface area contributed by atoms with Crippen molar-refractivity contribution in [1.29, 1.82) is 0 Å². The highest BCUT2D eigenvalue weighted by Crippen LogP contribution is 2.19. The largest absolute Gasteiger partial charge is 0.452 e. The fourth-order valence-corrected chi connectivity index (χ4v) is 3.13. The minimum absolute atomic E-state index is 0.136. The third kappa shape index (κ3) is 6.32. The molecule has 138 valence electrons. The molecule has 1 aromatic rings. The van der Waals surface area contributed by atoms with Crippen molar-refractivity contribution in [2.45, 2.75) is 38.6 Å². The minimum atomic E-state index is -3.57. The summed E-state index contributed by atoms with van der Waals surface area (Å²) < 4.78 is 30.8. The normalized spacial score (nSPS) is 11.3. The summed E-state index contributed by atoms with van der Waals surface area (Å²) in [5.74, 6) is -1.10. The molecule has 1 N–H and O–H groups in total. The van der Waals surface area contributed by atoms with Crippen LogP contribution in [0.5, 0.6) is 0 Å². The number of allylic oxidation sites excluding steroid dienone is 1. The Morgan fingerprint density at radius 1 is 1.20 bits per heavy atom. The maximum absolute atomic E-state index is 12.3. The third-order valence-electron chi connectivity index (χ3n) is 3.29. The highest BCUT2D eigenvalue weighted by Gasteiger charge is 2.22. The van der Waals surface area contributed by atoms with Gasteiger partial charge in [-0.1, -0.05) is 5.57 Å². The quantitative estimate of drug-likeness (QED) is 0.588. The highest BCUT2D eigenvalue weighted by atomic mass is 32.2. The molecule has 8 heteroatoms. The molecule has 0 saturated heterocycles. The second-order valence-electron chi connectivity index (χ2n) is 6.02. The van der Waals surface area contributed by atoms with E-state index in [0.717, 1.165) is 5.57 Å². The van der Waals surface area contributed by atoms with E-state index in [-0.39, 0.29) is 10.9 Å². The summed E-state index contributed by atoms with van der Waals surface area (Å²) in [6.45, 7) is 6.63. The molecule has 0 aliphatic heterocycles. The van der Waals surface area contributed by atoms with Gasteiger partial charge in [0.15, 0.2) is 6.61 Å². The van der Waals surface area contributed by atoms with Crippen molar-refractivity contribution in [1.82, 2.24) is 4.31 Å². The van der Waals surface area contributed by atoms with E-state index < -0.39 is 28.5 Å². The molecule has 0 aromatic heterocycles. The number of benzene rings is 1. The van der Waals surface area contributed by atoms with Crippen molar-refractivity contribution < 1.29 is 22.7 Å². The Kier molecular flexibility index (Phi) is 7.32. The van der Waals surface area contributed by atoms with E-state index in [0.29, 0.717) is 5.69 Å². The van der Waals surface area contributed by atoms with Crippen LogP contribution in [0.4, 0.5) is 5.69 Å². The number of esters is 1. The number of sulfonamides is 1. The van der Waals surface area contributed by atoms with Gasteiger partial charge < -0.3 is 10.1 Å². The van der Waals surface area contributed by atoms with Crippen molar-refractivity contribution in [3.63, 3.8) is 0 Å². The molecule has 0 atom stereocenters. The number of hydrogen-bond donors (Lipinski definition) is 1. The molecule has 1 amide bonds. The van der Waals surface area contributed by atoms with Gasteiger partial charge in [0.2, 0.25) is 10.0 Å². The number of nitrogens with zero attached hydrogens (tertiary/aromatic N) is 1. The van der Waals surface area contributed by atoms with Crippen LogP contribution in [0.1, 0.15) is 27.7 Å². The van der Waals surface area contributed by atoms with Gasteiger partial charge in [-0.25, -0.2) is 13.2 Å². The third-order valence-corrected chi connectivity index (χ3v) is 5.34. The van der Waals surface area contributed by atoms with Crippen LogP contribution in [0.3, 0.4) is 0 Å². The molecule has 0 bridgehead atoms. The van der Waals surface area contributed by atoms with Crippen LogP contribution in [0.2, 0.25) is 0 Å². The lowest BCUT2D eigenvalue weighted by atomic mass is 10.3. The van der Waals surface area contributed by atoms with Gasteiger partial charge in [0.1, 0.15) is 0 Å². The Morgan fingerprint density at radius 3 is 2.24 bits per heavy atom. The summed E-state index contributed by atoms with van der Waals surface area (Å²) in [5.41, 5.74) is 1.18. The van der Waals surface area contributed by atoms with Gasteiger partial charge in [0, 0.05) is 24.9 Å². The summed E-state index contributed by atoms with van der Waals surface area (Å²) in [7, 11) is -2.06. The minimum Gasteiger partial charge on any atom is -0.452 e. The maximum atomic E-state index is 12.3. The van der Waals surface area contributed by atoms with Crippen molar-refractivity contribution in [3.8, 4) is 0 Å². The Hall–Kier alpha value is -2.19. The average molecular weight is 368 g/mol. The average Bonchev–Trinajstić information content (AvgIpc) is 2.52. The summed E-state index contributed by atoms with van der Waals surface area (Å²) in [4.78, 5) is 23.2. The zero-order valence-corrected chi connectivity index (χ0v) is 15.9. The first-order valence-electron chi connectivity index (χ1n) is 7.73. The van der Waals surface area contributed by atoms with Crippen molar-refractivity contribution in [2.24, 2.45) is 0 Å². The second kappa shape index (κ2) is 8.77. The summed E-state index contributed by atoms with van der Waals surface area (Å²) in [6, 6.07) is 5.63. The van der Waals surface area contributed by atoms with E-state index in [4.69, 9.17) is 4.74 Å².